The molecule has 36 heavy (non-hydrogen) atoms. The van der Waals surface area contributed by atoms with Crippen LogP contribution < -0.4 is 14.5 Å². The van der Waals surface area contributed by atoms with Gasteiger partial charge in [0.25, 0.3) is 0 Å². The van der Waals surface area contributed by atoms with Crippen LogP contribution in [0.2, 0.25) is 10.0 Å². The number of benzene rings is 3. The van der Waals surface area contributed by atoms with Gasteiger partial charge in [-0.1, -0.05) is 47.5 Å². The lowest BCUT2D eigenvalue weighted by atomic mass is 10.1. The van der Waals surface area contributed by atoms with Crippen molar-refractivity contribution in [1.82, 2.24) is 9.55 Å². The average molecular weight is 521 g/mol. The van der Waals surface area contributed by atoms with E-state index in [0.717, 1.165) is 67.0 Å². The molecule has 1 aliphatic rings. The number of rotatable bonds is 9. The number of hydrogen-bond acceptors (Lipinski definition) is 4. The van der Waals surface area contributed by atoms with E-state index < -0.39 is 0 Å². The Balaban J connectivity index is 1.19. The zero-order chi connectivity index (χ0) is 24.7. The predicted octanol–water partition coefficient (Wildman–Crippen LogP) is 6.60. The monoisotopic (exact) mass is 520 g/mol. The van der Waals surface area contributed by atoms with Crippen molar-refractivity contribution in [1.29, 1.82) is 0 Å². The minimum Gasteiger partial charge on any atom is -0.489 e. The molecule has 0 N–H and O–H groups in total. The molecule has 5 rings (SSSR count). The summed E-state index contributed by atoms with van der Waals surface area (Å²) in [4.78, 5) is 8.96. The Morgan fingerprint density at radius 2 is 1.56 bits per heavy atom. The predicted molar refractivity (Wildman–Crippen MR) is 149 cm³/mol. The van der Waals surface area contributed by atoms with Gasteiger partial charge in [0.1, 0.15) is 11.9 Å². The third kappa shape index (κ3) is 6.34. The molecule has 0 amide bonds. The fourth-order valence-electron chi connectivity index (χ4n) is 4.64. The summed E-state index contributed by atoms with van der Waals surface area (Å²) in [5.41, 5.74) is 3.59. The molecule has 0 aliphatic carbocycles. The number of halogens is 2. The maximum Gasteiger partial charge on any atom is 0.119 e. The third-order valence-corrected chi connectivity index (χ3v) is 7.19. The van der Waals surface area contributed by atoms with E-state index in [1.165, 1.54) is 11.3 Å². The molecule has 1 unspecified atom stereocenters. The van der Waals surface area contributed by atoms with Crippen LogP contribution in [-0.2, 0) is 13.0 Å². The number of nitrogens with zero attached hydrogens (tertiary/aromatic N) is 4. The molecule has 4 aromatic rings. The average Bonchev–Trinajstić information content (AvgIpc) is 3.42. The fraction of sp³-hybridized carbons (Fsp3) is 0.276. The first kappa shape index (κ1) is 24.5. The summed E-state index contributed by atoms with van der Waals surface area (Å²) in [6.45, 7) is 4.55. The lowest BCUT2D eigenvalue weighted by molar-refractivity contribution is 0.170. The van der Waals surface area contributed by atoms with Gasteiger partial charge in [-0.2, -0.15) is 0 Å². The molecule has 0 radical (unpaired) electrons. The van der Waals surface area contributed by atoms with Gasteiger partial charge in [-0.05, 0) is 66.9 Å². The summed E-state index contributed by atoms with van der Waals surface area (Å²) < 4.78 is 8.52. The van der Waals surface area contributed by atoms with E-state index in [1.54, 1.807) is 6.20 Å². The summed E-state index contributed by atoms with van der Waals surface area (Å²) >= 11 is 12.4. The van der Waals surface area contributed by atoms with Crippen molar-refractivity contribution in [3.05, 3.63) is 107 Å². The second-order valence-electron chi connectivity index (χ2n) is 9.08. The number of aromatic nitrogens is 2. The number of para-hydroxylation sites is 1. The summed E-state index contributed by atoms with van der Waals surface area (Å²) in [5.74, 6) is 0.884. The van der Waals surface area contributed by atoms with Gasteiger partial charge in [0, 0.05) is 49.3 Å². The topological polar surface area (TPSA) is 33.5 Å². The molecule has 1 aromatic heterocycles. The first-order chi connectivity index (χ1) is 17.6. The standard InChI is InChI=1S/C29H30Cl2N4O/c30-24-8-5-23(6-9-24)7-12-27(21-33-16-15-32-22-33)36-26-13-10-25(11-14-26)34-17-19-35(20-18-34)29-4-2-1-3-28(29)31/h1-6,8-11,13-16,22,27H,7,12,17-21H2. The van der Waals surface area contributed by atoms with Crippen molar-refractivity contribution < 1.29 is 4.74 Å². The van der Waals surface area contributed by atoms with E-state index in [-0.39, 0.29) is 6.10 Å². The Hall–Kier alpha value is -3.15. The van der Waals surface area contributed by atoms with Crippen LogP contribution in [0.3, 0.4) is 0 Å². The van der Waals surface area contributed by atoms with Crippen LogP contribution in [0.5, 0.6) is 5.75 Å². The number of hydrogen-bond donors (Lipinski definition) is 0. The summed E-state index contributed by atoms with van der Waals surface area (Å²) in [6.07, 6.45) is 7.46. The fourth-order valence-corrected chi connectivity index (χ4v) is 5.02. The van der Waals surface area contributed by atoms with Crippen LogP contribution in [0.15, 0.2) is 91.5 Å². The van der Waals surface area contributed by atoms with Crippen LogP contribution in [0.1, 0.15) is 12.0 Å². The third-order valence-electron chi connectivity index (χ3n) is 6.62. The molecule has 0 saturated carbocycles. The van der Waals surface area contributed by atoms with Crippen molar-refractivity contribution in [2.75, 3.05) is 36.0 Å². The molecular formula is C29H30Cl2N4O. The summed E-state index contributed by atoms with van der Waals surface area (Å²) in [5, 5.41) is 1.57. The Labute approximate surface area is 222 Å². The highest BCUT2D eigenvalue weighted by molar-refractivity contribution is 6.33. The lowest BCUT2D eigenvalue weighted by Gasteiger charge is -2.37. The molecule has 0 spiro atoms. The van der Waals surface area contributed by atoms with Gasteiger partial charge in [-0.15, -0.1) is 0 Å². The lowest BCUT2D eigenvalue weighted by Crippen LogP contribution is -2.46. The first-order valence-electron chi connectivity index (χ1n) is 12.4. The second kappa shape index (κ2) is 11.7. The van der Waals surface area contributed by atoms with Crippen LogP contribution >= 0.6 is 23.2 Å². The maximum absolute atomic E-state index is 6.45. The van der Waals surface area contributed by atoms with Gasteiger partial charge in [0.15, 0.2) is 0 Å². The van der Waals surface area contributed by atoms with E-state index >= 15 is 0 Å². The Morgan fingerprint density at radius 1 is 0.833 bits per heavy atom. The van der Waals surface area contributed by atoms with Gasteiger partial charge in [-0.25, -0.2) is 4.98 Å². The van der Waals surface area contributed by atoms with Crippen LogP contribution in [0, 0.1) is 0 Å². The van der Waals surface area contributed by atoms with Gasteiger partial charge < -0.3 is 19.1 Å². The minimum atomic E-state index is 0.0277. The SMILES string of the molecule is Clc1ccc(CCC(Cn2ccnc2)Oc2ccc(N3CCN(c4ccccc4Cl)CC3)cc2)cc1. The Morgan fingerprint density at radius 3 is 2.25 bits per heavy atom. The van der Waals surface area contributed by atoms with E-state index in [1.807, 2.05) is 42.9 Å². The van der Waals surface area contributed by atoms with E-state index in [4.69, 9.17) is 27.9 Å². The molecule has 1 atom stereocenters. The zero-order valence-electron chi connectivity index (χ0n) is 20.1. The Kier molecular flexibility index (Phi) is 7.99. The highest BCUT2D eigenvalue weighted by Crippen LogP contribution is 2.28. The number of imidazole rings is 1. The smallest absolute Gasteiger partial charge is 0.119 e. The molecule has 0 bridgehead atoms. The summed E-state index contributed by atoms with van der Waals surface area (Å²) in [7, 11) is 0. The number of aryl methyl sites for hydroxylation is 1. The summed E-state index contributed by atoms with van der Waals surface area (Å²) in [6, 6.07) is 24.6. The molecule has 186 valence electrons. The van der Waals surface area contributed by atoms with Crippen molar-refractivity contribution in [3.63, 3.8) is 0 Å². The number of ether oxygens (including phenoxy) is 1. The van der Waals surface area contributed by atoms with Gasteiger partial charge in [-0.3, -0.25) is 0 Å². The van der Waals surface area contributed by atoms with Crippen molar-refractivity contribution >= 4 is 34.6 Å². The van der Waals surface area contributed by atoms with Crippen LogP contribution in [-0.4, -0.2) is 41.8 Å². The molecular weight excluding hydrogens is 491 g/mol. The van der Waals surface area contributed by atoms with Gasteiger partial charge >= 0.3 is 0 Å². The molecule has 1 fully saturated rings. The largest absolute Gasteiger partial charge is 0.489 e. The molecule has 3 aromatic carbocycles. The highest BCUT2D eigenvalue weighted by atomic mass is 35.5. The number of anilines is 2. The van der Waals surface area contributed by atoms with Gasteiger partial charge in [0.2, 0.25) is 0 Å². The van der Waals surface area contributed by atoms with Crippen LogP contribution in [0.25, 0.3) is 0 Å². The van der Waals surface area contributed by atoms with E-state index in [0.29, 0.717) is 0 Å². The molecule has 2 heterocycles. The molecule has 1 aliphatic heterocycles. The molecule has 5 nitrogen and oxygen atoms in total. The van der Waals surface area contributed by atoms with Crippen molar-refractivity contribution in [2.24, 2.45) is 0 Å². The maximum atomic E-state index is 6.45. The van der Waals surface area contributed by atoms with Crippen molar-refractivity contribution in [3.8, 4) is 5.75 Å². The first-order valence-corrected chi connectivity index (χ1v) is 13.1. The van der Waals surface area contributed by atoms with E-state index in [2.05, 4.69) is 61.8 Å². The highest BCUT2D eigenvalue weighted by Gasteiger charge is 2.19. The molecule has 1 saturated heterocycles. The minimum absolute atomic E-state index is 0.0277. The second-order valence-corrected chi connectivity index (χ2v) is 9.93. The van der Waals surface area contributed by atoms with Gasteiger partial charge in [0.05, 0.1) is 23.6 Å². The quantitative estimate of drug-likeness (QED) is 0.249. The zero-order valence-corrected chi connectivity index (χ0v) is 21.7. The normalized spacial score (nSPS) is 14.6. The van der Waals surface area contributed by atoms with E-state index in [9.17, 15) is 0 Å². The van der Waals surface area contributed by atoms with Crippen LogP contribution in [0.4, 0.5) is 11.4 Å². The molecule has 7 heteroatoms. The van der Waals surface area contributed by atoms with Crippen molar-refractivity contribution in [2.45, 2.75) is 25.5 Å². The Bertz CT molecular complexity index is 1220. The number of piperazine rings is 1.